The molecule has 0 aliphatic carbocycles. The van der Waals surface area contributed by atoms with Gasteiger partial charge in [-0.25, -0.2) is 4.98 Å². The molecule has 0 fully saturated rings. The molecule has 0 bridgehead atoms. The van der Waals surface area contributed by atoms with E-state index in [1.807, 2.05) is 38.1 Å². The van der Waals surface area contributed by atoms with Gasteiger partial charge in [0.05, 0.1) is 0 Å². The first kappa shape index (κ1) is 15.5. The van der Waals surface area contributed by atoms with Crippen molar-refractivity contribution in [3.63, 3.8) is 0 Å². The number of ether oxygens (including phenoxy) is 1. The van der Waals surface area contributed by atoms with E-state index in [1.54, 1.807) is 0 Å². The number of halogens is 1. The predicted molar refractivity (Wildman–Crippen MR) is 86.7 cm³/mol. The molecule has 0 aliphatic heterocycles. The van der Waals surface area contributed by atoms with E-state index in [-0.39, 0.29) is 0 Å². The Morgan fingerprint density at radius 2 is 1.95 bits per heavy atom. The van der Waals surface area contributed by atoms with Crippen LogP contribution >= 0.6 is 15.9 Å². The second-order valence-electron chi connectivity index (χ2n) is 5.31. The maximum Gasteiger partial charge on any atom is 0.237 e. The number of aryl methyl sites for hydroxylation is 2. The monoisotopic (exact) mass is 344 g/mol. The highest BCUT2D eigenvalue weighted by molar-refractivity contribution is 9.10. The number of rotatable bonds is 3. The first-order valence-corrected chi connectivity index (χ1v) is 7.57. The second-order valence-corrected chi connectivity index (χ2v) is 6.23. The molecule has 0 amide bonds. The minimum absolute atomic E-state index is 0.314. The summed E-state index contributed by atoms with van der Waals surface area (Å²) in [7, 11) is 0. The number of hydrogen-bond acceptors (Lipinski definition) is 3. The molecule has 4 heteroatoms. The van der Waals surface area contributed by atoms with E-state index in [1.165, 1.54) is 0 Å². The van der Waals surface area contributed by atoms with Crippen LogP contribution < -0.4 is 4.74 Å². The maximum atomic E-state index is 9.31. The van der Waals surface area contributed by atoms with Crippen LogP contribution in [-0.2, 0) is 0 Å². The molecule has 1 aromatic heterocycles. The van der Waals surface area contributed by atoms with E-state index in [0.29, 0.717) is 17.4 Å². The van der Waals surface area contributed by atoms with Crippen LogP contribution in [-0.4, -0.2) is 4.98 Å². The second kappa shape index (κ2) is 6.28. The Kier molecular flexibility index (Phi) is 4.64. The fourth-order valence-electron chi connectivity index (χ4n) is 2.18. The van der Waals surface area contributed by atoms with Crippen molar-refractivity contribution in [3.05, 3.63) is 51.1 Å². The summed E-state index contributed by atoms with van der Waals surface area (Å²) in [5.74, 6) is 1.43. The number of nitrogens with zero attached hydrogens (tertiary/aromatic N) is 2. The topological polar surface area (TPSA) is 45.9 Å². The molecular weight excluding hydrogens is 328 g/mol. The van der Waals surface area contributed by atoms with Crippen LogP contribution in [0.25, 0.3) is 0 Å². The summed E-state index contributed by atoms with van der Waals surface area (Å²) in [6.07, 6.45) is 0. The van der Waals surface area contributed by atoms with Crippen LogP contribution in [0.15, 0.2) is 28.7 Å². The van der Waals surface area contributed by atoms with Crippen LogP contribution in [0.2, 0.25) is 0 Å². The lowest BCUT2D eigenvalue weighted by molar-refractivity contribution is 0.451. The molecule has 1 aromatic carbocycles. The normalized spacial score (nSPS) is 10.5. The van der Waals surface area contributed by atoms with Gasteiger partial charge in [-0.3, -0.25) is 0 Å². The Labute approximate surface area is 133 Å². The quantitative estimate of drug-likeness (QED) is 0.763. The van der Waals surface area contributed by atoms with Crippen molar-refractivity contribution < 1.29 is 4.74 Å². The number of aromatic nitrogens is 1. The van der Waals surface area contributed by atoms with Crippen molar-refractivity contribution in [2.45, 2.75) is 33.6 Å². The van der Waals surface area contributed by atoms with Crippen molar-refractivity contribution >= 4 is 15.9 Å². The molecular formula is C17H17BrN2O. The van der Waals surface area contributed by atoms with E-state index in [0.717, 1.165) is 27.0 Å². The standard InChI is InChI=1S/C17H17BrN2O/c1-10(2)14-8-13(18)5-6-16(14)21-17-15(9-19)11(3)7-12(4)20-17/h5-8,10H,1-4H3. The summed E-state index contributed by atoms with van der Waals surface area (Å²) in [5.41, 5.74) is 3.28. The molecule has 0 N–H and O–H groups in total. The van der Waals surface area contributed by atoms with E-state index in [2.05, 4.69) is 40.8 Å². The molecule has 0 saturated carbocycles. The zero-order valence-electron chi connectivity index (χ0n) is 12.6. The van der Waals surface area contributed by atoms with Gasteiger partial charge < -0.3 is 4.74 Å². The number of hydrogen-bond donors (Lipinski definition) is 0. The van der Waals surface area contributed by atoms with E-state index >= 15 is 0 Å². The van der Waals surface area contributed by atoms with Crippen molar-refractivity contribution in [2.75, 3.05) is 0 Å². The molecule has 0 aliphatic rings. The Balaban J connectivity index is 2.51. The molecule has 2 aromatic rings. The smallest absolute Gasteiger partial charge is 0.237 e. The van der Waals surface area contributed by atoms with Gasteiger partial charge in [-0.15, -0.1) is 0 Å². The molecule has 2 rings (SSSR count). The molecule has 1 heterocycles. The summed E-state index contributed by atoms with van der Waals surface area (Å²) in [4.78, 5) is 4.37. The van der Waals surface area contributed by atoms with E-state index in [9.17, 15) is 5.26 Å². The van der Waals surface area contributed by atoms with Gasteiger partial charge in [-0.05, 0) is 55.2 Å². The molecule has 108 valence electrons. The summed E-state index contributed by atoms with van der Waals surface area (Å²) < 4.78 is 6.96. The third-order valence-electron chi connectivity index (χ3n) is 3.22. The molecule has 0 radical (unpaired) electrons. The minimum Gasteiger partial charge on any atom is -0.437 e. The molecule has 0 unspecified atom stereocenters. The Bertz CT molecular complexity index is 717. The first-order chi connectivity index (χ1) is 9.92. The Hall–Kier alpha value is -1.86. The lowest BCUT2D eigenvalue weighted by Crippen LogP contribution is -2.00. The maximum absolute atomic E-state index is 9.31. The highest BCUT2D eigenvalue weighted by Crippen LogP contribution is 2.34. The summed E-state index contributed by atoms with van der Waals surface area (Å²) in [6, 6.07) is 9.93. The predicted octanol–water partition coefficient (Wildman–Crippen LogP) is 5.25. The third-order valence-corrected chi connectivity index (χ3v) is 3.72. The lowest BCUT2D eigenvalue weighted by atomic mass is 10.0. The van der Waals surface area contributed by atoms with Gasteiger partial charge in [0.25, 0.3) is 0 Å². The van der Waals surface area contributed by atoms with E-state index in [4.69, 9.17) is 4.74 Å². The van der Waals surface area contributed by atoms with Crippen LogP contribution in [0.5, 0.6) is 11.6 Å². The highest BCUT2D eigenvalue weighted by Gasteiger charge is 2.14. The van der Waals surface area contributed by atoms with Crippen molar-refractivity contribution in [1.82, 2.24) is 4.98 Å². The molecule has 0 saturated heterocycles. The van der Waals surface area contributed by atoms with Crippen LogP contribution in [0.3, 0.4) is 0 Å². The van der Waals surface area contributed by atoms with Gasteiger partial charge in [-0.1, -0.05) is 29.8 Å². The number of benzene rings is 1. The number of pyridine rings is 1. The SMILES string of the molecule is Cc1cc(C)c(C#N)c(Oc2ccc(Br)cc2C(C)C)n1. The van der Waals surface area contributed by atoms with Gasteiger partial charge in [0.1, 0.15) is 17.4 Å². The zero-order valence-corrected chi connectivity index (χ0v) is 14.2. The lowest BCUT2D eigenvalue weighted by Gasteiger charge is -2.15. The van der Waals surface area contributed by atoms with Gasteiger partial charge in [0.2, 0.25) is 5.88 Å². The Morgan fingerprint density at radius 1 is 1.24 bits per heavy atom. The summed E-state index contributed by atoms with van der Waals surface area (Å²) in [5, 5.41) is 9.31. The minimum atomic E-state index is 0.314. The summed E-state index contributed by atoms with van der Waals surface area (Å²) in [6.45, 7) is 8.00. The third kappa shape index (κ3) is 3.43. The molecule has 3 nitrogen and oxygen atoms in total. The van der Waals surface area contributed by atoms with E-state index < -0.39 is 0 Å². The summed E-state index contributed by atoms with van der Waals surface area (Å²) >= 11 is 3.48. The highest BCUT2D eigenvalue weighted by atomic mass is 79.9. The first-order valence-electron chi connectivity index (χ1n) is 6.78. The fourth-order valence-corrected chi connectivity index (χ4v) is 2.56. The largest absolute Gasteiger partial charge is 0.437 e. The Morgan fingerprint density at radius 3 is 2.57 bits per heavy atom. The average Bonchev–Trinajstić information content (AvgIpc) is 2.40. The van der Waals surface area contributed by atoms with Gasteiger partial charge in [0, 0.05) is 10.2 Å². The molecule has 0 atom stereocenters. The number of nitriles is 1. The van der Waals surface area contributed by atoms with Gasteiger partial charge >= 0.3 is 0 Å². The van der Waals surface area contributed by atoms with Gasteiger partial charge in [0.15, 0.2) is 0 Å². The molecule has 0 spiro atoms. The van der Waals surface area contributed by atoms with Crippen LogP contribution in [0.4, 0.5) is 0 Å². The van der Waals surface area contributed by atoms with Crippen LogP contribution in [0.1, 0.15) is 42.1 Å². The van der Waals surface area contributed by atoms with Crippen molar-refractivity contribution in [1.29, 1.82) is 5.26 Å². The average molecular weight is 345 g/mol. The van der Waals surface area contributed by atoms with Gasteiger partial charge in [-0.2, -0.15) is 5.26 Å². The van der Waals surface area contributed by atoms with Crippen molar-refractivity contribution in [2.24, 2.45) is 0 Å². The van der Waals surface area contributed by atoms with Crippen LogP contribution in [0, 0.1) is 25.2 Å². The van der Waals surface area contributed by atoms with Crippen molar-refractivity contribution in [3.8, 4) is 17.7 Å². The fraction of sp³-hybridized carbons (Fsp3) is 0.294. The zero-order chi connectivity index (χ0) is 15.6. The molecule has 21 heavy (non-hydrogen) atoms.